The second kappa shape index (κ2) is 16.7. The van der Waals surface area contributed by atoms with E-state index in [2.05, 4.69) is 74.0 Å². The number of rotatable bonds is 6. The summed E-state index contributed by atoms with van der Waals surface area (Å²) in [6.45, 7) is 7.64. The van der Waals surface area contributed by atoms with Crippen molar-refractivity contribution in [3.63, 3.8) is 0 Å². The summed E-state index contributed by atoms with van der Waals surface area (Å²) in [7, 11) is 1.90. The minimum Gasteiger partial charge on any atom is -0.481 e. The van der Waals surface area contributed by atoms with E-state index in [1.807, 2.05) is 36.2 Å². The third-order valence-corrected chi connectivity index (χ3v) is 7.39. The number of nitrogens with one attached hydrogen (secondary N) is 1. The molecule has 0 fully saturated rings. The fraction of sp³-hybridized carbons (Fsp3) is 0.394. The van der Waals surface area contributed by atoms with Gasteiger partial charge in [-0.05, 0) is 59.6 Å². The molecule has 0 saturated heterocycles. The van der Waals surface area contributed by atoms with Crippen molar-refractivity contribution in [3.8, 4) is 0 Å². The second-order valence-electron chi connectivity index (χ2n) is 10.0. The fourth-order valence-electron chi connectivity index (χ4n) is 3.91. The Balaban J connectivity index is 0.000000458. The van der Waals surface area contributed by atoms with Crippen molar-refractivity contribution in [1.29, 1.82) is 0 Å². The Labute approximate surface area is 239 Å². The number of benzene rings is 2. The minimum absolute atomic E-state index is 0.0379. The van der Waals surface area contributed by atoms with Gasteiger partial charge in [0.05, 0.1) is 5.92 Å². The summed E-state index contributed by atoms with van der Waals surface area (Å²) >= 11 is 1.76. The summed E-state index contributed by atoms with van der Waals surface area (Å²) in [5, 5.41) is 11.1. The number of carboxylic acid groups (broad SMARTS) is 1. The summed E-state index contributed by atoms with van der Waals surface area (Å²) in [5.41, 5.74) is 5.98. The summed E-state index contributed by atoms with van der Waals surface area (Å²) < 4.78 is 0. The maximum Gasteiger partial charge on any atom is 0.321 e. The summed E-state index contributed by atoms with van der Waals surface area (Å²) in [5.74, 6) is -0.972. The number of urea groups is 1. The molecule has 4 rings (SSSR count). The molecule has 1 unspecified atom stereocenters. The van der Waals surface area contributed by atoms with Gasteiger partial charge in [0.25, 0.3) is 0 Å². The summed E-state index contributed by atoms with van der Waals surface area (Å²) in [6, 6.07) is 17.1. The molecule has 0 aromatic heterocycles. The summed E-state index contributed by atoms with van der Waals surface area (Å²) in [6.07, 6.45) is 15.6. The second-order valence-corrected chi connectivity index (χ2v) is 10.9. The molecule has 5 nitrogen and oxygen atoms in total. The zero-order valence-electron chi connectivity index (χ0n) is 24.2. The lowest BCUT2D eigenvalue weighted by Crippen LogP contribution is -2.43. The van der Waals surface area contributed by atoms with Crippen molar-refractivity contribution in [2.24, 2.45) is 5.92 Å². The Morgan fingerprint density at radius 3 is 2.26 bits per heavy atom. The van der Waals surface area contributed by atoms with Crippen molar-refractivity contribution in [2.75, 3.05) is 13.3 Å². The molecule has 0 radical (unpaired) electrons. The number of unbranched alkanes of at least 4 members (excludes halogenated alkanes) is 1. The zero-order chi connectivity index (χ0) is 28.8. The van der Waals surface area contributed by atoms with Crippen LogP contribution in [0.25, 0.3) is 5.57 Å². The van der Waals surface area contributed by atoms with Gasteiger partial charge in [0.2, 0.25) is 0 Å². The molecule has 6 heteroatoms. The van der Waals surface area contributed by atoms with E-state index >= 15 is 0 Å². The van der Waals surface area contributed by atoms with Gasteiger partial charge in [0, 0.05) is 30.1 Å². The molecule has 0 aliphatic heterocycles. The van der Waals surface area contributed by atoms with Crippen molar-refractivity contribution in [1.82, 2.24) is 10.2 Å². The smallest absolute Gasteiger partial charge is 0.321 e. The van der Waals surface area contributed by atoms with Crippen LogP contribution in [0.4, 0.5) is 4.79 Å². The van der Waals surface area contributed by atoms with Crippen LogP contribution in [-0.2, 0) is 17.6 Å². The van der Waals surface area contributed by atoms with Crippen molar-refractivity contribution in [2.45, 2.75) is 70.7 Å². The molecule has 2 aromatic carbocycles. The average molecular weight is 549 g/mol. The van der Waals surface area contributed by atoms with Gasteiger partial charge in [-0.1, -0.05) is 95.2 Å². The minimum atomic E-state index is -0.741. The lowest BCUT2D eigenvalue weighted by molar-refractivity contribution is -0.140. The van der Waals surface area contributed by atoms with E-state index in [1.165, 1.54) is 34.4 Å². The van der Waals surface area contributed by atoms with Crippen LogP contribution in [0.2, 0.25) is 0 Å². The van der Waals surface area contributed by atoms with Crippen LogP contribution < -0.4 is 5.32 Å². The fourth-order valence-corrected chi connectivity index (χ4v) is 4.37. The number of amides is 2. The number of aliphatic carboxylic acids is 1. The molecular weight excluding hydrogens is 504 g/mol. The lowest BCUT2D eigenvalue weighted by Gasteiger charge is -2.25. The van der Waals surface area contributed by atoms with E-state index in [4.69, 9.17) is 5.11 Å². The highest BCUT2D eigenvalue weighted by Crippen LogP contribution is 2.29. The number of thioether (sulfide) groups is 1. The first kappa shape index (κ1) is 32.0. The van der Waals surface area contributed by atoms with Crippen molar-refractivity contribution in [3.05, 3.63) is 95.2 Å². The topological polar surface area (TPSA) is 69.6 Å². The first-order valence-corrected chi connectivity index (χ1v) is 15.0. The number of hydrogen-bond acceptors (Lipinski definition) is 3. The predicted octanol–water partition coefficient (Wildman–Crippen LogP) is 7.98. The van der Waals surface area contributed by atoms with E-state index in [9.17, 15) is 9.59 Å². The van der Waals surface area contributed by atoms with Crippen LogP contribution in [0.5, 0.6) is 0 Å². The lowest BCUT2D eigenvalue weighted by atomic mass is 10.1. The number of nitrogens with zero attached hydrogens (tertiary/aromatic N) is 1. The molecule has 1 atom stereocenters. The molecule has 0 heterocycles. The Morgan fingerprint density at radius 2 is 1.67 bits per heavy atom. The van der Waals surface area contributed by atoms with E-state index in [0.29, 0.717) is 6.42 Å². The highest BCUT2D eigenvalue weighted by molar-refractivity contribution is 7.98. The number of carboxylic acids is 1. The average Bonchev–Trinajstić information content (AvgIpc) is 3.24. The Morgan fingerprint density at radius 1 is 1.03 bits per heavy atom. The largest absolute Gasteiger partial charge is 0.481 e. The van der Waals surface area contributed by atoms with Gasteiger partial charge < -0.3 is 15.3 Å². The number of fused-ring (bicyclic) bond motifs is 1. The quantitative estimate of drug-likeness (QED) is 0.359. The molecular formula is C33H44N2O3S. The Kier molecular flexibility index (Phi) is 13.7. The van der Waals surface area contributed by atoms with Gasteiger partial charge in [0.1, 0.15) is 0 Å². The SMILES string of the molecule is CC(C)C(=O)O.CCCC.CSc1ccc2c(c1)CC(N(C)C(=O)NC1=CC=C(c3ccccc3)C=CC1)C2. The third-order valence-electron chi connectivity index (χ3n) is 6.66. The van der Waals surface area contributed by atoms with E-state index in [-0.39, 0.29) is 18.0 Å². The van der Waals surface area contributed by atoms with Gasteiger partial charge in [-0.15, -0.1) is 11.8 Å². The molecule has 2 aromatic rings. The van der Waals surface area contributed by atoms with Crippen LogP contribution in [0.1, 0.15) is 63.6 Å². The van der Waals surface area contributed by atoms with E-state index < -0.39 is 5.97 Å². The van der Waals surface area contributed by atoms with Gasteiger partial charge in [0.15, 0.2) is 0 Å². The van der Waals surface area contributed by atoms with Crippen LogP contribution in [0.15, 0.2) is 83.4 Å². The molecule has 0 spiro atoms. The van der Waals surface area contributed by atoms with Crippen molar-refractivity contribution >= 4 is 29.3 Å². The maximum atomic E-state index is 12.9. The Bertz CT molecular complexity index is 1170. The predicted molar refractivity (Wildman–Crippen MR) is 165 cm³/mol. The zero-order valence-corrected chi connectivity index (χ0v) is 25.1. The molecule has 0 bridgehead atoms. The number of carbonyl (C=O) groups is 2. The highest BCUT2D eigenvalue weighted by Gasteiger charge is 2.28. The normalized spacial score (nSPS) is 15.4. The Hall–Kier alpha value is -3.25. The number of likely N-dealkylation sites (N-methyl/N-ethyl adjacent to an activating group) is 1. The summed E-state index contributed by atoms with van der Waals surface area (Å²) in [4.78, 5) is 25.7. The van der Waals surface area contributed by atoms with Gasteiger partial charge in [-0.3, -0.25) is 4.79 Å². The molecule has 2 N–H and O–H groups in total. The first-order valence-electron chi connectivity index (χ1n) is 13.7. The van der Waals surface area contributed by atoms with Gasteiger partial charge >= 0.3 is 12.0 Å². The van der Waals surface area contributed by atoms with Crippen LogP contribution in [0.3, 0.4) is 0 Å². The van der Waals surface area contributed by atoms with Gasteiger partial charge in [-0.2, -0.15) is 0 Å². The number of carbonyl (C=O) groups excluding carboxylic acids is 1. The van der Waals surface area contributed by atoms with Gasteiger partial charge in [-0.25, -0.2) is 4.79 Å². The molecule has 2 aliphatic rings. The standard InChI is InChI=1S/C25H26N2OS.C4H8O2.C4H10/c1-27(23-15-20-12-14-24(29-2)17-21(20)16-23)25(28)26-22-10-6-9-19(11-13-22)18-7-4-3-5-8-18;1-3(2)4(5)6;1-3-4-2/h3-9,11-14,17,23H,10,15-16H2,1-2H3,(H,26,28);3H,1-2H3,(H,5,6);3-4H2,1-2H3. The van der Waals surface area contributed by atoms with Crippen LogP contribution in [-0.4, -0.2) is 41.4 Å². The monoisotopic (exact) mass is 548 g/mol. The molecule has 210 valence electrons. The number of hydrogen-bond donors (Lipinski definition) is 2. The number of allylic oxidation sites excluding steroid dienone is 5. The third kappa shape index (κ3) is 10.4. The highest BCUT2D eigenvalue weighted by atomic mass is 32.2. The molecule has 2 amide bonds. The van der Waals surface area contributed by atoms with E-state index in [0.717, 1.165) is 24.1 Å². The molecule has 39 heavy (non-hydrogen) atoms. The first-order chi connectivity index (χ1) is 18.7. The van der Waals surface area contributed by atoms with Crippen molar-refractivity contribution < 1.29 is 14.7 Å². The molecule has 0 saturated carbocycles. The van der Waals surface area contributed by atoms with Crippen LogP contribution in [0, 0.1) is 5.92 Å². The van der Waals surface area contributed by atoms with Crippen LogP contribution >= 0.6 is 11.8 Å². The molecule has 2 aliphatic carbocycles. The maximum absolute atomic E-state index is 12.9. The van der Waals surface area contributed by atoms with E-state index in [1.54, 1.807) is 25.6 Å².